The molecule has 0 bridgehead atoms. The Hall–Kier alpha value is -2.15. The summed E-state index contributed by atoms with van der Waals surface area (Å²) < 4.78 is 4.96. The lowest BCUT2D eigenvalue weighted by molar-refractivity contribution is 0.0789. The van der Waals surface area contributed by atoms with Crippen LogP contribution in [0.3, 0.4) is 0 Å². The summed E-state index contributed by atoms with van der Waals surface area (Å²) in [5.41, 5.74) is 5.74. The molecule has 1 aromatic carbocycles. The van der Waals surface area contributed by atoms with Gasteiger partial charge in [0.1, 0.15) is 6.33 Å². The van der Waals surface area contributed by atoms with Crippen molar-refractivity contribution in [1.29, 1.82) is 0 Å². The lowest BCUT2D eigenvalue weighted by Gasteiger charge is -2.41. The van der Waals surface area contributed by atoms with Crippen LogP contribution >= 0.6 is 11.5 Å². The molecule has 1 saturated heterocycles. The second-order valence-corrected chi connectivity index (χ2v) is 10.0. The van der Waals surface area contributed by atoms with Crippen LogP contribution in [0, 0.1) is 6.92 Å². The lowest BCUT2D eigenvalue weighted by atomic mass is 9.82. The molecule has 0 N–H and O–H groups in total. The van der Waals surface area contributed by atoms with Crippen molar-refractivity contribution in [3.8, 4) is 22.5 Å². The van der Waals surface area contributed by atoms with Crippen molar-refractivity contribution >= 4 is 11.5 Å². The molecule has 6 heteroatoms. The second-order valence-electron chi connectivity index (χ2n) is 9.21. The minimum Gasteiger partial charge on any atom is -0.301 e. The molecule has 0 amide bonds. The Morgan fingerprint density at radius 3 is 2.38 bits per heavy atom. The van der Waals surface area contributed by atoms with Crippen molar-refractivity contribution in [3.05, 3.63) is 53.3 Å². The van der Waals surface area contributed by atoms with Crippen LogP contribution in [-0.2, 0) is 0 Å². The highest BCUT2D eigenvalue weighted by Crippen LogP contribution is 2.45. The highest BCUT2D eigenvalue weighted by Gasteiger charge is 2.32. The van der Waals surface area contributed by atoms with E-state index in [0.29, 0.717) is 5.92 Å². The van der Waals surface area contributed by atoms with E-state index in [4.69, 9.17) is 4.37 Å². The van der Waals surface area contributed by atoms with Gasteiger partial charge in [-0.05, 0) is 62.7 Å². The Morgan fingerprint density at radius 1 is 0.969 bits per heavy atom. The molecule has 1 aliphatic heterocycles. The smallest absolute Gasteiger partial charge is 0.116 e. The van der Waals surface area contributed by atoms with Gasteiger partial charge < -0.3 is 4.90 Å². The number of benzene rings is 1. The first kappa shape index (κ1) is 21.7. The number of aryl methyl sites for hydroxylation is 1. The zero-order valence-electron chi connectivity index (χ0n) is 19.2. The number of piperazine rings is 1. The van der Waals surface area contributed by atoms with Crippen LogP contribution in [0.1, 0.15) is 49.0 Å². The van der Waals surface area contributed by atoms with E-state index in [0.717, 1.165) is 17.4 Å². The molecule has 0 radical (unpaired) electrons. The number of hydrogen-bond donors (Lipinski definition) is 0. The van der Waals surface area contributed by atoms with Gasteiger partial charge in [-0.1, -0.05) is 36.8 Å². The molecule has 0 atom stereocenters. The first-order valence-electron chi connectivity index (χ1n) is 12.0. The van der Waals surface area contributed by atoms with Gasteiger partial charge in [0, 0.05) is 54.4 Å². The molecule has 1 saturated carbocycles. The van der Waals surface area contributed by atoms with Crippen LogP contribution in [0.4, 0.5) is 0 Å². The molecule has 5 rings (SSSR count). The lowest BCUT2D eigenvalue weighted by Crippen LogP contribution is -2.50. The predicted octanol–water partition coefficient (Wildman–Crippen LogP) is 5.24. The standard InChI is InChI=1S/C26H33N5S/c1-3-30-14-16-31(17-15-30)22-10-8-21(9-11-22)26-24(23-12-13-27-18-28-23)25(29-32-26)20-6-4-19(2)5-7-20/h4-7,12-13,18,21-22H,3,8-11,14-17H2,1-2H3. The number of hydrogen-bond acceptors (Lipinski definition) is 6. The molecular formula is C26H33N5S. The highest BCUT2D eigenvalue weighted by molar-refractivity contribution is 7.06. The van der Waals surface area contributed by atoms with Gasteiger partial charge in [-0.3, -0.25) is 4.90 Å². The van der Waals surface area contributed by atoms with E-state index < -0.39 is 0 Å². The van der Waals surface area contributed by atoms with Gasteiger partial charge in [-0.25, -0.2) is 9.97 Å². The van der Waals surface area contributed by atoms with Crippen LogP contribution in [0.25, 0.3) is 22.5 Å². The normalized spacial score (nSPS) is 22.8. The Morgan fingerprint density at radius 2 is 1.72 bits per heavy atom. The van der Waals surface area contributed by atoms with E-state index >= 15 is 0 Å². The van der Waals surface area contributed by atoms with Gasteiger partial charge in [0.2, 0.25) is 0 Å². The summed E-state index contributed by atoms with van der Waals surface area (Å²) in [5, 5.41) is 0. The summed E-state index contributed by atoms with van der Waals surface area (Å²) in [5.74, 6) is 0.574. The molecule has 0 unspecified atom stereocenters. The Kier molecular flexibility index (Phi) is 6.62. The summed E-state index contributed by atoms with van der Waals surface area (Å²) in [6.45, 7) is 10.5. The molecule has 0 spiro atoms. The van der Waals surface area contributed by atoms with E-state index in [-0.39, 0.29) is 0 Å². The van der Waals surface area contributed by atoms with E-state index in [1.807, 2.05) is 12.3 Å². The number of rotatable bonds is 5. The van der Waals surface area contributed by atoms with E-state index in [9.17, 15) is 0 Å². The minimum atomic E-state index is 0.574. The first-order valence-corrected chi connectivity index (χ1v) is 12.8. The second kappa shape index (κ2) is 9.77. The Balaban J connectivity index is 1.37. The van der Waals surface area contributed by atoms with Crippen LogP contribution < -0.4 is 0 Å². The van der Waals surface area contributed by atoms with Crippen LogP contribution in [-0.4, -0.2) is 62.9 Å². The zero-order valence-corrected chi connectivity index (χ0v) is 20.0. The summed E-state index contributed by atoms with van der Waals surface area (Å²) in [6.07, 6.45) is 8.56. The molecule has 5 nitrogen and oxygen atoms in total. The molecular weight excluding hydrogens is 414 g/mol. The van der Waals surface area contributed by atoms with Crippen LogP contribution in [0.15, 0.2) is 42.9 Å². The average molecular weight is 448 g/mol. The maximum Gasteiger partial charge on any atom is 0.116 e. The molecule has 3 heterocycles. The molecule has 1 aliphatic carbocycles. The molecule has 2 aliphatic rings. The molecule has 32 heavy (non-hydrogen) atoms. The minimum absolute atomic E-state index is 0.574. The van der Waals surface area contributed by atoms with Crippen LogP contribution in [0.5, 0.6) is 0 Å². The molecule has 2 aromatic heterocycles. The van der Waals surface area contributed by atoms with Gasteiger partial charge in [-0.2, -0.15) is 4.37 Å². The third-order valence-corrected chi connectivity index (χ3v) is 8.33. The van der Waals surface area contributed by atoms with Crippen molar-refractivity contribution < 1.29 is 0 Å². The van der Waals surface area contributed by atoms with E-state index in [1.54, 1.807) is 17.9 Å². The predicted molar refractivity (Wildman–Crippen MR) is 132 cm³/mol. The maximum atomic E-state index is 4.96. The van der Waals surface area contributed by atoms with Gasteiger partial charge in [0.15, 0.2) is 0 Å². The summed E-state index contributed by atoms with van der Waals surface area (Å²) in [7, 11) is 0. The monoisotopic (exact) mass is 447 g/mol. The number of aromatic nitrogens is 3. The average Bonchev–Trinajstić information content (AvgIpc) is 3.30. The number of likely N-dealkylation sites (N-methyl/N-ethyl adjacent to an activating group) is 1. The van der Waals surface area contributed by atoms with Crippen molar-refractivity contribution in [1.82, 2.24) is 24.1 Å². The third-order valence-electron chi connectivity index (χ3n) is 7.32. The first-order chi connectivity index (χ1) is 15.7. The fraction of sp³-hybridized carbons (Fsp3) is 0.500. The Labute approximate surface area is 195 Å². The SMILES string of the molecule is CCN1CCN(C2CCC(c3snc(-c4ccc(C)cc4)c3-c3ccncn3)CC2)CC1. The largest absolute Gasteiger partial charge is 0.301 e. The van der Waals surface area contributed by atoms with Crippen molar-refractivity contribution in [3.63, 3.8) is 0 Å². The van der Waals surface area contributed by atoms with Crippen LogP contribution in [0.2, 0.25) is 0 Å². The van der Waals surface area contributed by atoms with Gasteiger partial charge in [0.25, 0.3) is 0 Å². The third kappa shape index (κ3) is 4.49. The van der Waals surface area contributed by atoms with Gasteiger partial charge in [0.05, 0.1) is 11.4 Å². The van der Waals surface area contributed by atoms with Crippen molar-refractivity contribution in [2.24, 2.45) is 0 Å². The molecule has 168 valence electrons. The fourth-order valence-corrected chi connectivity index (χ4v) is 6.39. The highest BCUT2D eigenvalue weighted by atomic mass is 32.1. The quantitative estimate of drug-likeness (QED) is 0.535. The Bertz CT molecular complexity index is 1000. The molecule has 2 fully saturated rings. The zero-order chi connectivity index (χ0) is 21.9. The van der Waals surface area contributed by atoms with Gasteiger partial charge >= 0.3 is 0 Å². The topological polar surface area (TPSA) is 45.2 Å². The van der Waals surface area contributed by atoms with Gasteiger partial charge in [-0.15, -0.1) is 0 Å². The van der Waals surface area contributed by atoms with E-state index in [2.05, 4.69) is 57.9 Å². The summed E-state index contributed by atoms with van der Waals surface area (Å²) in [6, 6.07) is 11.5. The maximum absolute atomic E-state index is 4.96. The molecule has 3 aromatic rings. The summed E-state index contributed by atoms with van der Waals surface area (Å²) >= 11 is 1.69. The number of nitrogens with zero attached hydrogens (tertiary/aromatic N) is 5. The van der Waals surface area contributed by atoms with Crippen molar-refractivity contribution in [2.45, 2.75) is 51.5 Å². The fourth-order valence-electron chi connectivity index (χ4n) is 5.32. The van der Waals surface area contributed by atoms with Crippen molar-refractivity contribution in [2.75, 3.05) is 32.7 Å². The van der Waals surface area contributed by atoms with E-state index in [1.165, 1.54) is 80.0 Å². The summed E-state index contributed by atoms with van der Waals surface area (Å²) in [4.78, 5) is 15.5.